The molecule has 16 heavy (non-hydrogen) atoms. The molecule has 1 aromatic carbocycles. The van der Waals surface area contributed by atoms with Crippen molar-refractivity contribution in [2.24, 2.45) is 0 Å². The lowest BCUT2D eigenvalue weighted by Gasteiger charge is -2.17. The maximum Gasteiger partial charge on any atom is 0.323 e. The molecule has 2 rings (SSSR count). The maximum atomic E-state index is 11.5. The van der Waals surface area contributed by atoms with Crippen LogP contribution in [0.15, 0.2) is 24.3 Å². The zero-order valence-electron chi connectivity index (χ0n) is 9.14. The average molecular weight is 221 g/mol. The first-order chi connectivity index (χ1) is 7.72. The van der Waals surface area contributed by atoms with Gasteiger partial charge in [0.05, 0.1) is 7.11 Å². The quantitative estimate of drug-likeness (QED) is 0.732. The zero-order valence-corrected chi connectivity index (χ0v) is 9.14. The predicted molar refractivity (Wildman–Crippen MR) is 59.3 cm³/mol. The standard InChI is InChI=1S/C12H15NO3/c1-16-12(15)11-10(6-7-13-11)8-2-4-9(14)5-3-8/h2-5,10-11,13-14H,6-7H2,1H3/t10-,11?/m1/s1. The Labute approximate surface area is 94.2 Å². The monoisotopic (exact) mass is 221 g/mol. The van der Waals surface area contributed by atoms with Crippen molar-refractivity contribution < 1.29 is 14.6 Å². The van der Waals surface area contributed by atoms with Crippen molar-refractivity contribution in [3.8, 4) is 5.75 Å². The number of hydrogen-bond donors (Lipinski definition) is 2. The molecule has 1 aromatic rings. The molecule has 4 heteroatoms. The molecule has 0 bridgehead atoms. The van der Waals surface area contributed by atoms with E-state index < -0.39 is 0 Å². The van der Waals surface area contributed by atoms with Crippen molar-refractivity contribution in [2.45, 2.75) is 18.4 Å². The molecule has 0 aromatic heterocycles. The van der Waals surface area contributed by atoms with Crippen molar-refractivity contribution >= 4 is 5.97 Å². The summed E-state index contributed by atoms with van der Waals surface area (Å²) in [5.74, 6) is 0.146. The van der Waals surface area contributed by atoms with Crippen LogP contribution in [-0.4, -0.2) is 30.8 Å². The summed E-state index contributed by atoms with van der Waals surface area (Å²) in [6, 6.07) is 6.71. The summed E-state index contributed by atoms with van der Waals surface area (Å²) >= 11 is 0. The highest BCUT2D eigenvalue weighted by Gasteiger charge is 2.34. The van der Waals surface area contributed by atoms with E-state index in [1.165, 1.54) is 7.11 Å². The van der Waals surface area contributed by atoms with Gasteiger partial charge in [0.2, 0.25) is 0 Å². The molecule has 2 N–H and O–H groups in total. The van der Waals surface area contributed by atoms with Crippen LogP contribution in [0.1, 0.15) is 17.9 Å². The highest BCUT2D eigenvalue weighted by Crippen LogP contribution is 2.29. The number of esters is 1. The van der Waals surface area contributed by atoms with Gasteiger partial charge >= 0.3 is 5.97 Å². The Morgan fingerprint density at radius 3 is 2.75 bits per heavy atom. The van der Waals surface area contributed by atoms with Crippen LogP contribution in [0, 0.1) is 0 Å². The van der Waals surface area contributed by atoms with E-state index in [1.807, 2.05) is 12.1 Å². The van der Waals surface area contributed by atoms with Crippen LogP contribution < -0.4 is 5.32 Å². The van der Waals surface area contributed by atoms with E-state index in [4.69, 9.17) is 4.74 Å². The summed E-state index contributed by atoms with van der Waals surface area (Å²) in [7, 11) is 1.40. The number of methoxy groups -OCH3 is 1. The van der Waals surface area contributed by atoms with Crippen LogP contribution in [0.4, 0.5) is 0 Å². The molecule has 0 saturated carbocycles. The molecule has 4 nitrogen and oxygen atoms in total. The van der Waals surface area contributed by atoms with Crippen molar-refractivity contribution in [2.75, 3.05) is 13.7 Å². The second-order valence-electron chi connectivity index (χ2n) is 3.94. The number of ether oxygens (including phenoxy) is 1. The van der Waals surface area contributed by atoms with E-state index in [1.54, 1.807) is 12.1 Å². The van der Waals surface area contributed by atoms with Gasteiger partial charge in [0, 0.05) is 5.92 Å². The number of hydrogen-bond acceptors (Lipinski definition) is 4. The molecule has 1 aliphatic rings. The second-order valence-corrected chi connectivity index (χ2v) is 3.94. The lowest BCUT2D eigenvalue weighted by atomic mass is 9.92. The van der Waals surface area contributed by atoms with Crippen molar-refractivity contribution in [3.05, 3.63) is 29.8 Å². The Balaban J connectivity index is 2.19. The van der Waals surface area contributed by atoms with Gasteiger partial charge < -0.3 is 15.2 Å². The molecule has 0 spiro atoms. The Kier molecular flexibility index (Phi) is 3.10. The summed E-state index contributed by atoms with van der Waals surface area (Å²) in [6.07, 6.45) is 0.907. The lowest BCUT2D eigenvalue weighted by Crippen LogP contribution is -2.35. The van der Waals surface area contributed by atoms with Gasteiger partial charge in [-0.25, -0.2) is 0 Å². The van der Waals surface area contributed by atoms with Gasteiger partial charge in [-0.3, -0.25) is 4.79 Å². The Morgan fingerprint density at radius 2 is 2.12 bits per heavy atom. The minimum absolute atomic E-state index is 0.132. The minimum Gasteiger partial charge on any atom is -0.508 e. The molecule has 1 unspecified atom stereocenters. The van der Waals surface area contributed by atoms with E-state index in [0.29, 0.717) is 0 Å². The average Bonchev–Trinajstić information content (AvgIpc) is 2.78. The molecular formula is C12H15NO3. The van der Waals surface area contributed by atoms with Crippen molar-refractivity contribution in [3.63, 3.8) is 0 Å². The van der Waals surface area contributed by atoms with E-state index in [9.17, 15) is 9.90 Å². The van der Waals surface area contributed by atoms with Crippen molar-refractivity contribution in [1.29, 1.82) is 0 Å². The van der Waals surface area contributed by atoms with Gasteiger partial charge in [0.25, 0.3) is 0 Å². The Hall–Kier alpha value is -1.55. The summed E-state index contributed by atoms with van der Waals surface area (Å²) < 4.78 is 4.76. The zero-order chi connectivity index (χ0) is 11.5. The smallest absolute Gasteiger partial charge is 0.323 e. The normalized spacial score (nSPS) is 24.3. The van der Waals surface area contributed by atoms with Gasteiger partial charge in [-0.05, 0) is 30.7 Å². The van der Waals surface area contributed by atoms with Crippen LogP contribution in [0.2, 0.25) is 0 Å². The molecule has 1 heterocycles. The first-order valence-electron chi connectivity index (χ1n) is 5.32. The number of aromatic hydroxyl groups is 1. The highest BCUT2D eigenvalue weighted by molar-refractivity contribution is 5.77. The largest absolute Gasteiger partial charge is 0.508 e. The number of benzene rings is 1. The molecule has 86 valence electrons. The molecule has 1 fully saturated rings. The Morgan fingerprint density at radius 1 is 1.44 bits per heavy atom. The van der Waals surface area contributed by atoms with Gasteiger partial charge in [0.1, 0.15) is 11.8 Å². The first kappa shape index (κ1) is 11.0. The van der Waals surface area contributed by atoms with Crippen molar-refractivity contribution in [1.82, 2.24) is 5.32 Å². The highest BCUT2D eigenvalue weighted by atomic mass is 16.5. The Bertz CT molecular complexity index is 374. The molecular weight excluding hydrogens is 206 g/mol. The van der Waals surface area contributed by atoms with Crippen LogP contribution in [-0.2, 0) is 9.53 Å². The molecule has 1 aliphatic heterocycles. The van der Waals surface area contributed by atoms with Crippen LogP contribution in [0.25, 0.3) is 0 Å². The fraction of sp³-hybridized carbons (Fsp3) is 0.417. The molecule has 0 amide bonds. The van der Waals surface area contributed by atoms with Gasteiger partial charge in [-0.1, -0.05) is 12.1 Å². The molecule has 0 aliphatic carbocycles. The third-order valence-electron chi connectivity index (χ3n) is 3.00. The second kappa shape index (κ2) is 4.53. The fourth-order valence-electron chi connectivity index (χ4n) is 2.16. The first-order valence-corrected chi connectivity index (χ1v) is 5.32. The third kappa shape index (κ3) is 2.02. The maximum absolute atomic E-state index is 11.5. The van der Waals surface area contributed by atoms with Crippen LogP contribution in [0.5, 0.6) is 5.75 Å². The van der Waals surface area contributed by atoms with E-state index in [2.05, 4.69) is 5.32 Å². The topological polar surface area (TPSA) is 58.6 Å². The van der Waals surface area contributed by atoms with Gasteiger partial charge in [-0.15, -0.1) is 0 Å². The van der Waals surface area contributed by atoms with E-state index >= 15 is 0 Å². The van der Waals surface area contributed by atoms with Crippen LogP contribution >= 0.6 is 0 Å². The minimum atomic E-state index is -0.269. The summed E-state index contributed by atoms with van der Waals surface area (Å²) in [4.78, 5) is 11.5. The third-order valence-corrected chi connectivity index (χ3v) is 3.00. The fourth-order valence-corrected chi connectivity index (χ4v) is 2.16. The molecule has 1 saturated heterocycles. The van der Waals surface area contributed by atoms with Gasteiger partial charge in [0.15, 0.2) is 0 Å². The number of rotatable bonds is 2. The number of carbonyl (C=O) groups is 1. The summed E-state index contributed by atoms with van der Waals surface area (Å²) in [5.41, 5.74) is 1.05. The molecule has 0 radical (unpaired) electrons. The number of phenolic OH excluding ortho intramolecular Hbond substituents is 1. The van der Waals surface area contributed by atoms with E-state index in [-0.39, 0.29) is 23.7 Å². The number of phenols is 1. The molecule has 2 atom stereocenters. The summed E-state index contributed by atoms with van der Waals surface area (Å²) in [5, 5.41) is 12.3. The SMILES string of the molecule is COC(=O)C1NCC[C@@H]1c1ccc(O)cc1. The van der Waals surface area contributed by atoms with Gasteiger partial charge in [-0.2, -0.15) is 0 Å². The van der Waals surface area contributed by atoms with Crippen LogP contribution in [0.3, 0.4) is 0 Å². The summed E-state index contributed by atoms with van der Waals surface area (Å²) in [6.45, 7) is 0.811. The predicted octanol–water partition coefficient (Wildman–Crippen LogP) is 1.01. The lowest BCUT2D eigenvalue weighted by molar-refractivity contribution is -0.143. The van der Waals surface area contributed by atoms with E-state index in [0.717, 1.165) is 18.5 Å². The number of nitrogens with one attached hydrogen (secondary N) is 1. The number of carbonyl (C=O) groups excluding carboxylic acids is 1.